The Balaban J connectivity index is 2.13. The molecule has 1 aliphatic heterocycles. The molecule has 0 saturated carbocycles. The van der Waals surface area contributed by atoms with Gasteiger partial charge < -0.3 is 15.8 Å². The van der Waals surface area contributed by atoms with Crippen molar-refractivity contribution in [1.82, 2.24) is 5.32 Å². The van der Waals surface area contributed by atoms with Crippen molar-refractivity contribution < 1.29 is 9.53 Å². The summed E-state index contributed by atoms with van der Waals surface area (Å²) in [5.74, 6) is 0.745. The van der Waals surface area contributed by atoms with E-state index in [1.165, 1.54) is 5.56 Å². The van der Waals surface area contributed by atoms with E-state index in [1.54, 1.807) is 6.92 Å². The minimum absolute atomic E-state index is 0.156. The first-order chi connectivity index (χ1) is 8.08. The molecule has 5 heteroatoms. The van der Waals surface area contributed by atoms with Crippen LogP contribution in [-0.2, 0) is 17.8 Å². The first-order valence-electron chi connectivity index (χ1n) is 5.55. The highest BCUT2D eigenvalue weighted by Crippen LogP contribution is 2.32. The molecule has 0 bridgehead atoms. The number of amides is 1. The van der Waals surface area contributed by atoms with Crippen molar-refractivity contribution in [2.24, 2.45) is 5.73 Å². The van der Waals surface area contributed by atoms with Crippen LogP contribution in [0.1, 0.15) is 18.1 Å². The normalized spacial score (nSPS) is 15.0. The highest BCUT2D eigenvalue weighted by molar-refractivity contribution is 9.10. The summed E-state index contributed by atoms with van der Waals surface area (Å²) in [7, 11) is 0. The van der Waals surface area contributed by atoms with Crippen LogP contribution >= 0.6 is 15.9 Å². The third kappa shape index (κ3) is 2.79. The second-order valence-corrected chi connectivity index (χ2v) is 5.07. The molecule has 4 nitrogen and oxygen atoms in total. The monoisotopic (exact) mass is 298 g/mol. The number of benzene rings is 1. The maximum atomic E-state index is 11.4. The summed E-state index contributed by atoms with van der Waals surface area (Å²) in [6.45, 7) is 2.82. The Morgan fingerprint density at radius 1 is 1.65 bits per heavy atom. The van der Waals surface area contributed by atoms with Gasteiger partial charge in [0.2, 0.25) is 5.91 Å². The van der Waals surface area contributed by atoms with Crippen LogP contribution in [0.3, 0.4) is 0 Å². The van der Waals surface area contributed by atoms with Gasteiger partial charge in [0.05, 0.1) is 12.6 Å². The molecule has 1 aromatic carbocycles. The van der Waals surface area contributed by atoms with Gasteiger partial charge in [-0.1, -0.05) is 15.9 Å². The number of carbonyl (C=O) groups is 1. The van der Waals surface area contributed by atoms with Crippen molar-refractivity contribution in [1.29, 1.82) is 0 Å². The maximum Gasteiger partial charge on any atom is 0.236 e. The number of nitrogens with one attached hydrogen (secondary N) is 1. The predicted molar refractivity (Wildman–Crippen MR) is 68.8 cm³/mol. The van der Waals surface area contributed by atoms with E-state index in [0.717, 1.165) is 22.2 Å². The van der Waals surface area contributed by atoms with Gasteiger partial charge in [-0.05, 0) is 24.6 Å². The molecule has 0 aliphatic carbocycles. The zero-order valence-corrected chi connectivity index (χ0v) is 11.2. The van der Waals surface area contributed by atoms with E-state index in [2.05, 4.69) is 27.3 Å². The molecule has 0 saturated heterocycles. The molecule has 3 N–H and O–H groups in total. The lowest BCUT2D eigenvalue weighted by molar-refractivity contribution is -0.122. The number of hydrogen-bond acceptors (Lipinski definition) is 3. The van der Waals surface area contributed by atoms with E-state index in [-0.39, 0.29) is 5.91 Å². The molecule has 0 fully saturated rings. The highest BCUT2D eigenvalue weighted by atomic mass is 79.9. The average molecular weight is 299 g/mol. The second-order valence-electron chi connectivity index (χ2n) is 4.16. The van der Waals surface area contributed by atoms with Gasteiger partial charge in [-0.25, -0.2) is 0 Å². The quantitative estimate of drug-likeness (QED) is 0.885. The second kappa shape index (κ2) is 5.06. The van der Waals surface area contributed by atoms with Crippen molar-refractivity contribution >= 4 is 21.8 Å². The number of carbonyl (C=O) groups excluding carboxylic acids is 1. The fraction of sp³-hybridized carbons (Fsp3) is 0.417. The Kier molecular flexibility index (Phi) is 3.69. The highest BCUT2D eigenvalue weighted by Gasteiger charge is 2.18. The van der Waals surface area contributed by atoms with Gasteiger partial charge >= 0.3 is 0 Å². The fourth-order valence-corrected chi connectivity index (χ4v) is 2.37. The molecule has 2 rings (SSSR count). The molecule has 92 valence electrons. The summed E-state index contributed by atoms with van der Waals surface area (Å²) in [6.07, 6.45) is 0.920. The molecule has 0 radical (unpaired) electrons. The van der Waals surface area contributed by atoms with Crippen LogP contribution < -0.4 is 15.8 Å². The number of halogens is 1. The van der Waals surface area contributed by atoms with Gasteiger partial charge in [0.15, 0.2) is 0 Å². The SMILES string of the molecule is CC(N)C(=O)NCc1cc(Br)cc2c1OCC2. The average Bonchev–Trinajstić information content (AvgIpc) is 2.72. The zero-order valence-electron chi connectivity index (χ0n) is 9.63. The summed E-state index contributed by atoms with van der Waals surface area (Å²) < 4.78 is 6.58. The van der Waals surface area contributed by atoms with Crippen LogP contribution in [0, 0.1) is 0 Å². The lowest BCUT2D eigenvalue weighted by Crippen LogP contribution is -2.37. The van der Waals surface area contributed by atoms with Gasteiger partial charge in [-0.2, -0.15) is 0 Å². The molecular weight excluding hydrogens is 284 g/mol. The van der Waals surface area contributed by atoms with Gasteiger partial charge in [0, 0.05) is 23.0 Å². The lowest BCUT2D eigenvalue weighted by Gasteiger charge is -2.11. The van der Waals surface area contributed by atoms with E-state index in [9.17, 15) is 4.79 Å². The van der Waals surface area contributed by atoms with E-state index in [4.69, 9.17) is 10.5 Å². The van der Waals surface area contributed by atoms with Gasteiger partial charge in [0.1, 0.15) is 5.75 Å². The van der Waals surface area contributed by atoms with Crippen LogP contribution in [0.4, 0.5) is 0 Å². The molecule has 1 heterocycles. The van der Waals surface area contributed by atoms with Gasteiger partial charge in [-0.3, -0.25) is 4.79 Å². The Labute approximate surface area is 109 Å². The first-order valence-corrected chi connectivity index (χ1v) is 6.34. The number of fused-ring (bicyclic) bond motifs is 1. The topological polar surface area (TPSA) is 64.4 Å². The molecule has 1 aromatic rings. The van der Waals surface area contributed by atoms with Crippen molar-refractivity contribution in [3.05, 3.63) is 27.7 Å². The van der Waals surface area contributed by atoms with Crippen molar-refractivity contribution in [3.8, 4) is 5.75 Å². The van der Waals surface area contributed by atoms with Crippen molar-refractivity contribution in [3.63, 3.8) is 0 Å². The van der Waals surface area contributed by atoms with E-state index in [0.29, 0.717) is 13.2 Å². The van der Waals surface area contributed by atoms with E-state index < -0.39 is 6.04 Å². The number of hydrogen-bond donors (Lipinski definition) is 2. The number of ether oxygens (including phenoxy) is 1. The largest absolute Gasteiger partial charge is 0.493 e. The van der Waals surface area contributed by atoms with Crippen LogP contribution in [0.5, 0.6) is 5.75 Å². The summed E-state index contributed by atoms with van der Waals surface area (Å²) in [5, 5.41) is 2.79. The third-order valence-electron chi connectivity index (χ3n) is 2.69. The minimum atomic E-state index is -0.490. The molecule has 1 amide bonds. The Morgan fingerprint density at radius 2 is 2.41 bits per heavy atom. The molecular formula is C12H15BrN2O2. The zero-order chi connectivity index (χ0) is 12.4. The van der Waals surface area contributed by atoms with Crippen molar-refractivity contribution in [2.75, 3.05) is 6.61 Å². The summed E-state index contributed by atoms with van der Waals surface area (Å²) in [6, 6.07) is 3.53. The van der Waals surface area contributed by atoms with Gasteiger partial charge in [0.25, 0.3) is 0 Å². The van der Waals surface area contributed by atoms with Crippen LogP contribution in [0.25, 0.3) is 0 Å². The Hall–Kier alpha value is -1.07. The van der Waals surface area contributed by atoms with Crippen LogP contribution in [0.15, 0.2) is 16.6 Å². The lowest BCUT2D eigenvalue weighted by atomic mass is 10.1. The molecule has 1 atom stereocenters. The van der Waals surface area contributed by atoms with Gasteiger partial charge in [-0.15, -0.1) is 0 Å². The Bertz CT molecular complexity index is 446. The smallest absolute Gasteiger partial charge is 0.236 e. The first kappa shape index (κ1) is 12.4. The summed E-state index contributed by atoms with van der Waals surface area (Å²) >= 11 is 3.46. The molecule has 0 spiro atoms. The summed E-state index contributed by atoms with van der Waals surface area (Å²) in [5.41, 5.74) is 7.66. The van der Waals surface area contributed by atoms with E-state index in [1.807, 2.05) is 6.07 Å². The van der Waals surface area contributed by atoms with E-state index >= 15 is 0 Å². The molecule has 1 aliphatic rings. The molecule has 1 unspecified atom stereocenters. The number of rotatable bonds is 3. The summed E-state index contributed by atoms with van der Waals surface area (Å²) in [4.78, 5) is 11.4. The Morgan fingerprint density at radius 3 is 3.12 bits per heavy atom. The van der Waals surface area contributed by atoms with Crippen LogP contribution in [-0.4, -0.2) is 18.6 Å². The standard InChI is InChI=1S/C12H15BrN2O2/c1-7(14)12(16)15-6-9-5-10(13)4-8-2-3-17-11(8)9/h4-5,7H,2-3,6,14H2,1H3,(H,15,16). The molecule has 17 heavy (non-hydrogen) atoms. The fourth-order valence-electron chi connectivity index (χ4n) is 1.82. The molecule has 0 aromatic heterocycles. The number of nitrogens with two attached hydrogens (primary N) is 1. The van der Waals surface area contributed by atoms with Crippen LogP contribution in [0.2, 0.25) is 0 Å². The maximum absolute atomic E-state index is 11.4. The predicted octanol–water partition coefficient (Wildman–Crippen LogP) is 1.35. The third-order valence-corrected chi connectivity index (χ3v) is 3.15. The minimum Gasteiger partial charge on any atom is -0.493 e. The van der Waals surface area contributed by atoms with Crippen molar-refractivity contribution in [2.45, 2.75) is 25.9 Å².